The third-order valence-corrected chi connectivity index (χ3v) is 3.44. The van der Waals surface area contributed by atoms with Crippen LogP contribution in [0.15, 0.2) is 18.2 Å². The Morgan fingerprint density at radius 2 is 2.00 bits per heavy atom. The van der Waals surface area contributed by atoms with Crippen molar-refractivity contribution in [1.29, 1.82) is 0 Å². The van der Waals surface area contributed by atoms with Gasteiger partial charge in [0.15, 0.2) is 0 Å². The molecule has 0 saturated heterocycles. The van der Waals surface area contributed by atoms with Crippen LogP contribution in [-0.4, -0.2) is 17.3 Å². The Balaban J connectivity index is 2.31. The van der Waals surface area contributed by atoms with E-state index in [1.54, 1.807) is 0 Å². The number of aliphatic hydroxyl groups excluding tert-OH is 1. The summed E-state index contributed by atoms with van der Waals surface area (Å²) >= 11 is 5.82. The third-order valence-electron chi connectivity index (χ3n) is 3.13. The second-order valence-electron chi connectivity index (χ2n) is 4.41. The number of hydrogen-bond donors (Lipinski definition) is 2. The van der Waals surface area contributed by atoms with Crippen LogP contribution in [0.1, 0.15) is 24.8 Å². The van der Waals surface area contributed by atoms with E-state index in [-0.39, 0.29) is 16.8 Å². The van der Waals surface area contributed by atoms with Gasteiger partial charge in [-0.25, -0.2) is 0 Å². The van der Waals surface area contributed by atoms with Crippen molar-refractivity contribution in [2.24, 2.45) is 0 Å². The molecule has 18 heavy (non-hydrogen) atoms. The van der Waals surface area contributed by atoms with E-state index in [4.69, 9.17) is 11.6 Å². The van der Waals surface area contributed by atoms with E-state index in [1.807, 2.05) is 0 Å². The molecule has 0 aliphatic heterocycles. The van der Waals surface area contributed by atoms with Gasteiger partial charge in [-0.3, -0.25) is 0 Å². The fourth-order valence-electron chi connectivity index (χ4n) is 2.20. The molecule has 100 valence electrons. The quantitative estimate of drug-likeness (QED) is 0.865. The SMILES string of the molecule is OC1CCCC1Nc1c(Cl)cccc1C(F)(F)F. The van der Waals surface area contributed by atoms with Crippen molar-refractivity contribution in [3.8, 4) is 0 Å². The molecule has 0 spiro atoms. The lowest BCUT2D eigenvalue weighted by molar-refractivity contribution is -0.137. The smallest absolute Gasteiger partial charge is 0.391 e. The molecule has 1 saturated carbocycles. The molecule has 1 aliphatic rings. The zero-order chi connectivity index (χ0) is 13.3. The first-order chi connectivity index (χ1) is 8.39. The highest BCUT2D eigenvalue weighted by molar-refractivity contribution is 6.33. The van der Waals surface area contributed by atoms with Crippen LogP contribution in [0.5, 0.6) is 0 Å². The van der Waals surface area contributed by atoms with E-state index in [0.717, 1.165) is 12.5 Å². The molecule has 1 fully saturated rings. The minimum absolute atomic E-state index is 0.0175. The monoisotopic (exact) mass is 279 g/mol. The lowest BCUT2D eigenvalue weighted by Gasteiger charge is -2.22. The van der Waals surface area contributed by atoms with Gasteiger partial charge in [-0.05, 0) is 31.4 Å². The number of hydrogen-bond acceptors (Lipinski definition) is 2. The van der Waals surface area contributed by atoms with Crippen LogP contribution in [0.4, 0.5) is 18.9 Å². The molecule has 6 heteroatoms. The number of para-hydroxylation sites is 1. The fraction of sp³-hybridized carbons (Fsp3) is 0.500. The number of anilines is 1. The van der Waals surface area contributed by atoms with Crippen LogP contribution in [0.25, 0.3) is 0 Å². The highest BCUT2D eigenvalue weighted by Gasteiger charge is 2.36. The first kappa shape index (κ1) is 13.5. The Labute approximate surface area is 108 Å². The maximum absolute atomic E-state index is 12.8. The Morgan fingerprint density at radius 3 is 2.56 bits per heavy atom. The lowest BCUT2D eigenvalue weighted by Crippen LogP contribution is -2.29. The molecular weight excluding hydrogens is 267 g/mol. The second-order valence-corrected chi connectivity index (χ2v) is 4.82. The van der Waals surface area contributed by atoms with Crippen molar-refractivity contribution in [3.05, 3.63) is 28.8 Å². The normalized spacial score (nSPS) is 24.3. The molecule has 2 atom stereocenters. The van der Waals surface area contributed by atoms with Crippen molar-refractivity contribution in [2.45, 2.75) is 37.6 Å². The largest absolute Gasteiger partial charge is 0.418 e. The van der Waals surface area contributed by atoms with Crippen molar-refractivity contribution in [3.63, 3.8) is 0 Å². The number of aliphatic hydroxyl groups is 1. The average Bonchev–Trinajstić information content (AvgIpc) is 2.66. The highest BCUT2D eigenvalue weighted by Crippen LogP contribution is 2.39. The maximum atomic E-state index is 12.8. The molecule has 1 aliphatic carbocycles. The molecule has 2 unspecified atom stereocenters. The van der Waals surface area contributed by atoms with Gasteiger partial charge >= 0.3 is 6.18 Å². The molecule has 2 rings (SSSR count). The van der Waals surface area contributed by atoms with E-state index >= 15 is 0 Å². The van der Waals surface area contributed by atoms with E-state index < -0.39 is 17.8 Å². The summed E-state index contributed by atoms with van der Waals surface area (Å²) in [5, 5.41) is 12.4. The molecule has 2 nitrogen and oxygen atoms in total. The van der Waals surface area contributed by atoms with Crippen LogP contribution in [-0.2, 0) is 6.18 Å². The topological polar surface area (TPSA) is 32.3 Å². The summed E-state index contributed by atoms with van der Waals surface area (Å²) in [6.07, 6.45) is -3.04. The van der Waals surface area contributed by atoms with Gasteiger partial charge in [-0.1, -0.05) is 17.7 Å². The van der Waals surface area contributed by atoms with Gasteiger partial charge in [0.25, 0.3) is 0 Å². The lowest BCUT2D eigenvalue weighted by atomic mass is 10.1. The molecule has 0 aromatic heterocycles. The number of alkyl halides is 3. The summed E-state index contributed by atoms with van der Waals surface area (Å²) in [5.41, 5.74) is -0.938. The molecule has 1 aromatic carbocycles. The van der Waals surface area contributed by atoms with Gasteiger partial charge in [0.05, 0.1) is 28.4 Å². The van der Waals surface area contributed by atoms with Crippen LogP contribution in [0.3, 0.4) is 0 Å². The predicted octanol–water partition coefficient (Wildman–Crippen LogP) is 3.68. The number of nitrogens with one attached hydrogen (secondary N) is 1. The maximum Gasteiger partial charge on any atom is 0.418 e. The molecular formula is C12H13ClF3NO. The number of benzene rings is 1. The number of rotatable bonds is 2. The van der Waals surface area contributed by atoms with Crippen molar-refractivity contribution in [1.82, 2.24) is 0 Å². The van der Waals surface area contributed by atoms with Crippen LogP contribution in [0.2, 0.25) is 5.02 Å². The third kappa shape index (κ3) is 2.72. The fourth-order valence-corrected chi connectivity index (χ4v) is 2.43. The molecule has 0 amide bonds. The number of halogens is 4. The zero-order valence-corrected chi connectivity index (χ0v) is 10.2. The van der Waals surface area contributed by atoms with Gasteiger partial charge < -0.3 is 10.4 Å². The van der Waals surface area contributed by atoms with Gasteiger partial charge in [0.1, 0.15) is 0 Å². The Kier molecular flexibility index (Phi) is 3.73. The van der Waals surface area contributed by atoms with Gasteiger partial charge in [-0.15, -0.1) is 0 Å². The molecule has 0 bridgehead atoms. The van der Waals surface area contributed by atoms with Crippen molar-refractivity contribution >= 4 is 17.3 Å². The Morgan fingerprint density at radius 1 is 1.28 bits per heavy atom. The summed E-state index contributed by atoms with van der Waals surface area (Å²) in [6, 6.07) is 3.28. The first-order valence-electron chi connectivity index (χ1n) is 5.70. The molecule has 1 aromatic rings. The van der Waals surface area contributed by atoms with Crippen LogP contribution < -0.4 is 5.32 Å². The standard InChI is InChI=1S/C12H13ClF3NO/c13-8-4-1-3-7(12(14,15)16)11(8)17-9-5-2-6-10(9)18/h1,3-4,9-10,17-18H,2,5-6H2. The van der Waals surface area contributed by atoms with E-state index in [2.05, 4.69) is 5.32 Å². The Hall–Kier alpha value is -0.940. The minimum Gasteiger partial charge on any atom is -0.391 e. The van der Waals surface area contributed by atoms with Crippen molar-refractivity contribution < 1.29 is 18.3 Å². The van der Waals surface area contributed by atoms with Crippen LogP contribution >= 0.6 is 11.6 Å². The minimum atomic E-state index is -4.46. The van der Waals surface area contributed by atoms with E-state index in [0.29, 0.717) is 12.8 Å². The summed E-state index contributed by atoms with van der Waals surface area (Å²) in [6.45, 7) is 0. The summed E-state index contributed by atoms with van der Waals surface area (Å²) in [5.74, 6) is 0. The van der Waals surface area contributed by atoms with Crippen LogP contribution in [0, 0.1) is 0 Å². The predicted molar refractivity (Wildman–Crippen MR) is 63.7 cm³/mol. The Bertz CT molecular complexity index is 436. The second kappa shape index (κ2) is 4.97. The molecule has 2 N–H and O–H groups in total. The van der Waals surface area contributed by atoms with Gasteiger partial charge in [-0.2, -0.15) is 13.2 Å². The summed E-state index contributed by atoms with van der Waals surface area (Å²) in [4.78, 5) is 0. The first-order valence-corrected chi connectivity index (χ1v) is 6.07. The van der Waals surface area contributed by atoms with Crippen molar-refractivity contribution in [2.75, 3.05) is 5.32 Å². The summed E-state index contributed by atoms with van der Waals surface area (Å²) in [7, 11) is 0. The van der Waals surface area contributed by atoms with Gasteiger partial charge in [0.2, 0.25) is 0 Å². The molecule has 0 heterocycles. The summed E-state index contributed by atoms with van der Waals surface area (Å²) < 4.78 is 38.5. The van der Waals surface area contributed by atoms with E-state index in [9.17, 15) is 18.3 Å². The highest BCUT2D eigenvalue weighted by atomic mass is 35.5. The van der Waals surface area contributed by atoms with Gasteiger partial charge in [0, 0.05) is 0 Å². The van der Waals surface area contributed by atoms with E-state index in [1.165, 1.54) is 12.1 Å². The molecule has 0 radical (unpaired) electrons. The average molecular weight is 280 g/mol. The zero-order valence-electron chi connectivity index (χ0n) is 9.47.